The summed E-state index contributed by atoms with van der Waals surface area (Å²) in [5, 5.41) is 2.45. The van der Waals surface area contributed by atoms with Gasteiger partial charge in [-0.15, -0.1) is 0 Å². The van der Waals surface area contributed by atoms with Crippen molar-refractivity contribution in [3.05, 3.63) is 29.3 Å². The predicted molar refractivity (Wildman–Crippen MR) is 74.0 cm³/mol. The Labute approximate surface area is 121 Å². The standard InChI is InChI=1S/C16H18F3NO/c17-16(18,19)13-8-4-7-11-12(15(21)20-14(11)13)9-10-5-2-1-3-6-10/h4,7-8,10,12H,1-3,5-6,9H2,(H,20,21). The maximum atomic E-state index is 13.0. The molecule has 5 heteroatoms. The minimum absolute atomic E-state index is 0.0317. The molecular formula is C16H18F3NO. The van der Waals surface area contributed by atoms with Gasteiger partial charge in [0.25, 0.3) is 0 Å². The van der Waals surface area contributed by atoms with E-state index in [9.17, 15) is 18.0 Å². The van der Waals surface area contributed by atoms with Gasteiger partial charge in [0.2, 0.25) is 5.91 Å². The number of hydrogen-bond donors (Lipinski definition) is 1. The smallest absolute Gasteiger partial charge is 0.325 e. The molecule has 21 heavy (non-hydrogen) atoms. The van der Waals surface area contributed by atoms with Crippen molar-refractivity contribution in [2.45, 2.75) is 50.6 Å². The molecule has 0 bridgehead atoms. The summed E-state index contributed by atoms with van der Waals surface area (Å²) < 4.78 is 39.0. The van der Waals surface area contributed by atoms with Crippen LogP contribution in [0.1, 0.15) is 55.6 Å². The van der Waals surface area contributed by atoms with Crippen molar-refractivity contribution in [3.63, 3.8) is 0 Å². The summed E-state index contributed by atoms with van der Waals surface area (Å²) in [4.78, 5) is 12.1. The molecule has 2 aliphatic rings. The first-order valence-corrected chi connectivity index (χ1v) is 7.48. The van der Waals surface area contributed by atoms with Gasteiger partial charge in [-0.1, -0.05) is 44.2 Å². The maximum absolute atomic E-state index is 13.0. The van der Waals surface area contributed by atoms with Gasteiger partial charge in [0.1, 0.15) is 0 Å². The van der Waals surface area contributed by atoms with E-state index in [1.54, 1.807) is 6.07 Å². The minimum Gasteiger partial charge on any atom is -0.325 e. The molecule has 3 rings (SSSR count). The number of alkyl halides is 3. The van der Waals surface area contributed by atoms with Gasteiger partial charge in [-0.05, 0) is 24.0 Å². The molecule has 1 saturated carbocycles. The van der Waals surface area contributed by atoms with Crippen LogP contribution in [-0.4, -0.2) is 5.91 Å². The van der Waals surface area contributed by atoms with Crippen LogP contribution >= 0.6 is 0 Å². The summed E-state index contributed by atoms with van der Waals surface area (Å²) in [6, 6.07) is 4.08. The Morgan fingerprint density at radius 1 is 1.14 bits per heavy atom. The lowest BCUT2D eigenvalue weighted by molar-refractivity contribution is -0.136. The molecule has 1 aromatic carbocycles. The van der Waals surface area contributed by atoms with E-state index in [-0.39, 0.29) is 11.6 Å². The van der Waals surface area contributed by atoms with Crippen LogP contribution in [0, 0.1) is 5.92 Å². The van der Waals surface area contributed by atoms with Crippen molar-refractivity contribution in [2.75, 3.05) is 5.32 Å². The second-order valence-corrected chi connectivity index (χ2v) is 6.05. The monoisotopic (exact) mass is 297 g/mol. The highest BCUT2D eigenvalue weighted by molar-refractivity contribution is 6.03. The van der Waals surface area contributed by atoms with Gasteiger partial charge < -0.3 is 5.32 Å². The van der Waals surface area contributed by atoms with E-state index in [1.165, 1.54) is 12.5 Å². The number of amides is 1. The third-order valence-corrected chi connectivity index (χ3v) is 4.64. The molecule has 1 N–H and O–H groups in total. The van der Waals surface area contributed by atoms with Crippen molar-refractivity contribution >= 4 is 11.6 Å². The lowest BCUT2D eigenvalue weighted by Gasteiger charge is -2.23. The lowest BCUT2D eigenvalue weighted by atomic mass is 9.81. The lowest BCUT2D eigenvalue weighted by Crippen LogP contribution is -2.17. The van der Waals surface area contributed by atoms with Gasteiger partial charge in [0.05, 0.1) is 17.2 Å². The minimum atomic E-state index is -4.43. The van der Waals surface area contributed by atoms with Crippen molar-refractivity contribution in [1.82, 2.24) is 0 Å². The highest BCUT2D eigenvalue weighted by atomic mass is 19.4. The summed E-state index contributed by atoms with van der Waals surface area (Å²) >= 11 is 0. The maximum Gasteiger partial charge on any atom is 0.418 e. The molecule has 0 radical (unpaired) electrons. The molecule has 0 saturated heterocycles. The van der Waals surface area contributed by atoms with Crippen LogP contribution in [0.3, 0.4) is 0 Å². The third kappa shape index (κ3) is 2.78. The van der Waals surface area contributed by atoms with E-state index in [0.717, 1.165) is 31.7 Å². The second kappa shape index (κ2) is 5.35. The normalized spacial score (nSPS) is 23.0. The molecule has 1 aromatic rings. The van der Waals surface area contributed by atoms with Gasteiger partial charge in [0, 0.05) is 0 Å². The summed E-state index contributed by atoms with van der Waals surface area (Å²) in [5.41, 5.74) is -0.254. The van der Waals surface area contributed by atoms with Crippen LogP contribution < -0.4 is 5.32 Å². The third-order valence-electron chi connectivity index (χ3n) is 4.64. The Kier molecular flexibility index (Phi) is 3.68. The number of carbonyl (C=O) groups is 1. The zero-order valence-electron chi connectivity index (χ0n) is 11.7. The Morgan fingerprint density at radius 2 is 1.86 bits per heavy atom. The molecular weight excluding hydrogens is 279 g/mol. The molecule has 1 fully saturated rings. The Hall–Kier alpha value is -1.52. The van der Waals surface area contributed by atoms with Crippen molar-refractivity contribution < 1.29 is 18.0 Å². The van der Waals surface area contributed by atoms with Crippen LogP contribution in [0.25, 0.3) is 0 Å². The number of hydrogen-bond acceptors (Lipinski definition) is 1. The Bertz CT molecular complexity index is 547. The summed E-state index contributed by atoms with van der Waals surface area (Å²) in [7, 11) is 0. The fourth-order valence-corrected chi connectivity index (χ4v) is 3.58. The van der Waals surface area contributed by atoms with Crippen LogP contribution in [0.5, 0.6) is 0 Å². The highest BCUT2D eigenvalue weighted by Gasteiger charge is 2.40. The molecule has 1 atom stereocenters. The second-order valence-electron chi connectivity index (χ2n) is 6.05. The predicted octanol–water partition coefficient (Wildman–Crippen LogP) is 4.71. The number of nitrogens with one attached hydrogen (secondary N) is 1. The number of benzene rings is 1. The van der Waals surface area contributed by atoms with E-state index in [0.29, 0.717) is 17.9 Å². The van der Waals surface area contributed by atoms with Crippen molar-refractivity contribution in [1.29, 1.82) is 0 Å². The molecule has 1 unspecified atom stereocenters. The zero-order chi connectivity index (χ0) is 15.0. The first kappa shape index (κ1) is 14.4. The topological polar surface area (TPSA) is 29.1 Å². The zero-order valence-corrected chi connectivity index (χ0v) is 11.7. The Morgan fingerprint density at radius 3 is 2.52 bits per heavy atom. The summed E-state index contributed by atoms with van der Waals surface area (Å²) in [5.74, 6) is -0.257. The number of halogens is 3. The largest absolute Gasteiger partial charge is 0.418 e. The van der Waals surface area contributed by atoms with Gasteiger partial charge in [-0.2, -0.15) is 13.2 Å². The van der Waals surface area contributed by atoms with Gasteiger partial charge in [0.15, 0.2) is 0 Å². The summed E-state index contributed by atoms with van der Waals surface area (Å²) in [6.45, 7) is 0. The number of carbonyl (C=O) groups excluding carboxylic acids is 1. The van der Waals surface area contributed by atoms with E-state index in [1.807, 2.05) is 0 Å². The molecule has 1 heterocycles. The van der Waals surface area contributed by atoms with E-state index < -0.39 is 17.7 Å². The SMILES string of the molecule is O=C1Nc2c(cccc2C(F)(F)F)C1CC1CCCCC1. The number of rotatable bonds is 2. The molecule has 0 spiro atoms. The molecule has 1 aliphatic heterocycles. The van der Waals surface area contributed by atoms with Crippen LogP contribution in [0.15, 0.2) is 18.2 Å². The van der Waals surface area contributed by atoms with Gasteiger partial charge in [-0.3, -0.25) is 4.79 Å². The van der Waals surface area contributed by atoms with Crippen LogP contribution in [-0.2, 0) is 11.0 Å². The Balaban J connectivity index is 1.88. The molecule has 1 amide bonds. The molecule has 1 aliphatic carbocycles. The van der Waals surface area contributed by atoms with E-state index >= 15 is 0 Å². The molecule has 114 valence electrons. The van der Waals surface area contributed by atoms with E-state index in [4.69, 9.17) is 0 Å². The molecule has 2 nitrogen and oxygen atoms in total. The average Bonchev–Trinajstić information content (AvgIpc) is 2.75. The fraction of sp³-hybridized carbons (Fsp3) is 0.562. The molecule has 0 aromatic heterocycles. The van der Waals surface area contributed by atoms with Crippen LogP contribution in [0.2, 0.25) is 0 Å². The first-order chi connectivity index (χ1) is 9.97. The quantitative estimate of drug-likeness (QED) is 0.841. The van der Waals surface area contributed by atoms with Crippen LogP contribution in [0.4, 0.5) is 18.9 Å². The highest BCUT2D eigenvalue weighted by Crippen LogP contribution is 2.45. The van der Waals surface area contributed by atoms with Crippen molar-refractivity contribution in [2.24, 2.45) is 5.92 Å². The summed E-state index contributed by atoms with van der Waals surface area (Å²) in [6.07, 6.45) is 1.94. The van der Waals surface area contributed by atoms with E-state index in [2.05, 4.69) is 5.32 Å². The van der Waals surface area contributed by atoms with Gasteiger partial charge in [-0.25, -0.2) is 0 Å². The number of anilines is 1. The number of fused-ring (bicyclic) bond motifs is 1. The van der Waals surface area contributed by atoms with Gasteiger partial charge >= 0.3 is 6.18 Å². The number of para-hydroxylation sites is 1. The average molecular weight is 297 g/mol. The van der Waals surface area contributed by atoms with Crippen molar-refractivity contribution in [3.8, 4) is 0 Å². The first-order valence-electron chi connectivity index (χ1n) is 7.48. The fourth-order valence-electron chi connectivity index (χ4n) is 3.58.